The molecule has 2 N–H and O–H groups in total. The summed E-state index contributed by atoms with van der Waals surface area (Å²) >= 11 is 5.86. The van der Waals surface area contributed by atoms with Gasteiger partial charge in [0.05, 0.1) is 5.02 Å². The zero-order valence-corrected chi connectivity index (χ0v) is 11.7. The third-order valence-corrected chi connectivity index (χ3v) is 4.18. The predicted molar refractivity (Wildman–Crippen MR) is 73.2 cm³/mol. The quantitative estimate of drug-likeness (QED) is 0.913. The van der Waals surface area contributed by atoms with E-state index in [2.05, 4.69) is 18.7 Å². The highest BCUT2D eigenvalue weighted by atomic mass is 35.5. The largest absolute Gasteiger partial charge is 0.329 e. The van der Waals surface area contributed by atoms with Gasteiger partial charge in [0, 0.05) is 18.1 Å². The monoisotopic (exact) mass is 270 g/mol. The fourth-order valence-electron chi connectivity index (χ4n) is 2.87. The summed E-state index contributed by atoms with van der Waals surface area (Å²) in [5, 5.41) is 0.169. The lowest BCUT2D eigenvalue weighted by Gasteiger charge is -2.38. The highest BCUT2D eigenvalue weighted by molar-refractivity contribution is 6.30. The molecule has 1 unspecified atom stereocenters. The number of hydrogen-bond donors (Lipinski definition) is 1. The molecule has 2 nitrogen and oxygen atoms in total. The summed E-state index contributed by atoms with van der Waals surface area (Å²) in [5.74, 6) is -0.378. The number of nitrogens with two attached hydrogens (primary N) is 1. The Morgan fingerprint density at radius 1 is 1.50 bits per heavy atom. The molecule has 1 aliphatic rings. The van der Waals surface area contributed by atoms with Crippen LogP contribution in [0.3, 0.4) is 0 Å². The van der Waals surface area contributed by atoms with E-state index in [0.717, 1.165) is 12.1 Å². The summed E-state index contributed by atoms with van der Waals surface area (Å²) in [6.07, 6.45) is 2.34. The van der Waals surface area contributed by atoms with Crippen LogP contribution in [0.5, 0.6) is 0 Å². The maximum atomic E-state index is 13.2. The molecule has 2 rings (SSSR count). The van der Waals surface area contributed by atoms with Crippen molar-refractivity contribution in [3.63, 3.8) is 0 Å². The summed E-state index contributed by atoms with van der Waals surface area (Å²) in [6, 6.07) is 5.01. The van der Waals surface area contributed by atoms with Crippen molar-refractivity contribution in [2.45, 2.75) is 38.3 Å². The summed E-state index contributed by atoms with van der Waals surface area (Å²) in [5.41, 5.74) is 7.06. The van der Waals surface area contributed by atoms with Crippen molar-refractivity contribution in [1.82, 2.24) is 4.90 Å². The lowest BCUT2D eigenvalue weighted by molar-refractivity contribution is 0.119. The van der Waals surface area contributed by atoms with Crippen molar-refractivity contribution in [1.29, 1.82) is 0 Å². The van der Waals surface area contributed by atoms with Crippen LogP contribution in [0.15, 0.2) is 18.2 Å². The zero-order chi connectivity index (χ0) is 13.3. The molecule has 0 amide bonds. The van der Waals surface area contributed by atoms with E-state index in [1.54, 1.807) is 12.1 Å². The van der Waals surface area contributed by atoms with Gasteiger partial charge in [0.1, 0.15) is 5.82 Å². The van der Waals surface area contributed by atoms with Crippen LogP contribution >= 0.6 is 11.6 Å². The van der Waals surface area contributed by atoms with E-state index in [9.17, 15) is 4.39 Å². The van der Waals surface area contributed by atoms with Crippen molar-refractivity contribution >= 4 is 11.6 Å². The summed E-state index contributed by atoms with van der Waals surface area (Å²) in [7, 11) is 0. The van der Waals surface area contributed by atoms with Gasteiger partial charge in [-0.25, -0.2) is 4.39 Å². The average molecular weight is 271 g/mol. The Morgan fingerprint density at radius 2 is 2.22 bits per heavy atom. The standard InChI is InChI=1S/C14H20ClFN2/c1-14(2)6-3-7-18(14)13(9-17)10-4-5-12(16)11(15)8-10/h4-5,8,13H,3,6-7,9,17H2,1-2H3. The molecule has 1 atom stereocenters. The topological polar surface area (TPSA) is 29.3 Å². The fraction of sp³-hybridized carbons (Fsp3) is 0.571. The third kappa shape index (κ3) is 2.53. The first-order chi connectivity index (χ1) is 8.45. The Bertz CT molecular complexity index is 434. The molecule has 1 fully saturated rings. The fourth-order valence-corrected chi connectivity index (χ4v) is 3.06. The van der Waals surface area contributed by atoms with E-state index in [4.69, 9.17) is 17.3 Å². The van der Waals surface area contributed by atoms with Gasteiger partial charge in [-0.3, -0.25) is 4.90 Å². The molecule has 1 aromatic rings. The van der Waals surface area contributed by atoms with Gasteiger partial charge < -0.3 is 5.73 Å². The number of likely N-dealkylation sites (tertiary alicyclic amines) is 1. The lowest BCUT2D eigenvalue weighted by atomic mass is 9.97. The molecule has 0 radical (unpaired) electrons. The number of nitrogens with zero attached hydrogens (tertiary/aromatic N) is 1. The maximum Gasteiger partial charge on any atom is 0.141 e. The van der Waals surface area contributed by atoms with Gasteiger partial charge in [-0.2, -0.15) is 0 Å². The molecular formula is C14H20ClFN2. The molecule has 0 saturated carbocycles. The highest BCUT2D eigenvalue weighted by Crippen LogP contribution is 2.36. The smallest absolute Gasteiger partial charge is 0.141 e. The van der Waals surface area contributed by atoms with Crippen LogP contribution in [-0.4, -0.2) is 23.5 Å². The zero-order valence-electron chi connectivity index (χ0n) is 10.9. The van der Waals surface area contributed by atoms with E-state index in [0.29, 0.717) is 6.54 Å². The summed E-state index contributed by atoms with van der Waals surface area (Å²) in [6.45, 7) is 6.01. The van der Waals surface area contributed by atoms with E-state index in [-0.39, 0.29) is 22.4 Å². The van der Waals surface area contributed by atoms with Gasteiger partial charge in [-0.15, -0.1) is 0 Å². The predicted octanol–water partition coefficient (Wildman–Crippen LogP) is 3.35. The number of halogens is 2. The van der Waals surface area contributed by atoms with Crippen LogP contribution in [0.1, 0.15) is 38.3 Å². The first-order valence-electron chi connectivity index (χ1n) is 6.37. The maximum absolute atomic E-state index is 13.2. The number of benzene rings is 1. The van der Waals surface area contributed by atoms with Gasteiger partial charge in [0.25, 0.3) is 0 Å². The van der Waals surface area contributed by atoms with Crippen LogP contribution in [0.25, 0.3) is 0 Å². The van der Waals surface area contributed by atoms with E-state index in [1.165, 1.54) is 18.9 Å². The van der Waals surface area contributed by atoms with Crippen molar-refractivity contribution in [3.05, 3.63) is 34.6 Å². The number of rotatable bonds is 3. The summed E-state index contributed by atoms with van der Waals surface area (Å²) < 4.78 is 13.2. The molecular weight excluding hydrogens is 251 g/mol. The van der Waals surface area contributed by atoms with Gasteiger partial charge in [0.2, 0.25) is 0 Å². The van der Waals surface area contributed by atoms with Crippen LogP contribution in [0, 0.1) is 5.82 Å². The Kier molecular flexibility index (Phi) is 3.95. The minimum absolute atomic E-state index is 0.112. The SMILES string of the molecule is CC1(C)CCCN1C(CN)c1ccc(F)c(Cl)c1. The van der Waals surface area contributed by atoms with Gasteiger partial charge in [0.15, 0.2) is 0 Å². The normalized spacial score (nSPS) is 21.2. The number of hydrogen-bond acceptors (Lipinski definition) is 2. The molecule has 1 aromatic carbocycles. The Balaban J connectivity index is 2.30. The van der Waals surface area contributed by atoms with E-state index < -0.39 is 0 Å². The molecule has 4 heteroatoms. The molecule has 0 spiro atoms. The Hall–Kier alpha value is -0.640. The second-order valence-electron chi connectivity index (χ2n) is 5.53. The molecule has 18 heavy (non-hydrogen) atoms. The average Bonchev–Trinajstić information content (AvgIpc) is 2.65. The lowest BCUT2D eigenvalue weighted by Crippen LogP contribution is -2.43. The highest BCUT2D eigenvalue weighted by Gasteiger charge is 2.36. The minimum atomic E-state index is -0.378. The summed E-state index contributed by atoms with van der Waals surface area (Å²) in [4.78, 5) is 2.40. The molecule has 0 bridgehead atoms. The Morgan fingerprint density at radius 3 is 2.72 bits per heavy atom. The van der Waals surface area contributed by atoms with Crippen molar-refractivity contribution in [2.24, 2.45) is 5.73 Å². The van der Waals surface area contributed by atoms with Crippen molar-refractivity contribution < 1.29 is 4.39 Å². The third-order valence-electron chi connectivity index (χ3n) is 3.89. The molecule has 100 valence electrons. The molecule has 0 aromatic heterocycles. The van der Waals surface area contributed by atoms with E-state index in [1.807, 2.05) is 0 Å². The second-order valence-corrected chi connectivity index (χ2v) is 5.94. The van der Waals surface area contributed by atoms with Gasteiger partial charge >= 0.3 is 0 Å². The second kappa shape index (κ2) is 5.16. The molecule has 1 saturated heterocycles. The van der Waals surface area contributed by atoms with Crippen LogP contribution in [-0.2, 0) is 0 Å². The van der Waals surface area contributed by atoms with Gasteiger partial charge in [-0.1, -0.05) is 17.7 Å². The van der Waals surface area contributed by atoms with Gasteiger partial charge in [-0.05, 0) is 50.9 Å². The molecule has 1 heterocycles. The van der Waals surface area contributed by atoms with Crippen LogP contribution in [0.4, 0.5) is 4.39 Å². The van der Waals surface area contributed by atoms with Crippen LogP contribution < -0.4 is 5.73 Å². The first-order valence-corrected chi connectivity index (χ1v) is 6.75. The van der Waals surface area contributed by atoms with Crippen molar-refractivity contribution in [3.8, 4) is 0 Å². The van der Waals surface area contributed by atoms with Crippen LogP contribution in [0.2, 0.25) is 5.02 Å². The van der Waals surface area contributed by atoms with Crippen molar-refractivity contribution in [2.75, 3.05) is 13.1 Å². The Labute approximate surface area is 113 Å². The first kappa shape index (κ1) is 13.8. The minimum Gasteiger partial charge on any atom is -0.329 e. The molecule has 1 aliphatic heterocycles. The molecule has 0 aliphatic carbocycles. The van der Waals surface area contributed by atoms with E-state index >= 15 is 0 Å².